The van der Waals surface area contributed by atoms with Gasteiger partial charge in [0.05, 0.1) is 4.90 Å². The Kier molecular flexibility index (Phi) is 4.37. The molecule has 0 heterocycles. The fourth-order valence-electron chi connectivity index (χ4n) is 1.68. The highest BCUT2D eigenvalue weighted by molar-refractivity contribution is 7.90. The van der Waals surface area contributed by atoms with Gasteiger partial charge in [0.25, 0.3) is 0 Å². The van der Waals surface area contributed by atoms with Crippen molar-refractivity contribution in [1.29, 1.82) is 0 Å². The molecule has 110 valence electrons. The average molecular weight is 308 g/mol. The first-order chi connectivity index (χ1) is 9.86. The molecule has 0 unspecified atom stereocenters. The molecule has 21 heavy (non-hydrogen) atoms. The second-order valence-electron chi connectivity index (χ2n) is 4.47. The van der Waals surface area contributed by atoms with E-state index in [0.717, 1.165) is 12.3 Å². The van der Waals surface area contributed by atoms with E-state index >= 15 is 0 Å². The van der Waals surface area contributed by atoms with Crippen LogP contribution in [0.25, 0.3) is 0 Å². The van der Waals surface area contributed by atoms with Gasteiger partial charge >= 0.3 is 0 Å². The van der Waals surface area contributed by atoms with Crippen LogP contribution in [0.3, 0.4) is 0 Å². The predicted molar refractivity (Wildman–Crippen MR) is 75.8 cm³/mol. The molecule has 0 aliphatic carbocycles. The smallest absolute Gasteiger partial charge is 0.200 e. The lowest BCUT2D eigenvalue weighted by Gasteiger charge is -2.06. The standard InChI is InChI=1S/C15H13FO4S/c1-21(18,19)14-7-5-13(6-8-14)20-10-15(17)11-3-2-4-12(16)9-11/h2-9H,10H2,1H3. The molecule has 6 heteroatoms. The zero-order valence-electron chi connectivity index (χ0n) is 11.2. The van der Waals surface area contributed by atoms with Crippen molar-refractivity contribution >= 4 is 15.6 Å². The highest BCUT2D eigenvalue weighted by atomic mass is 32.2. The third-order valence-corrected chi connectivity index (χ3v) is 3.90. The third kappa shape index (κ3) is 4.13. The molecule has 0 saturated heterocycles. The molecule has 0 amide bonds. The highest BCUT2D eigenvalue weighted by Gasteiger charge is 2.09. The molecule has 0 N–H and O–H groups in total. The van der Waals surface area contributed by atoms with Gasteiger partial charge in [-0.3, -0.25) is 4.79 Å². The number of benzene rings is 2. The SMILES string of the molecule is CS(=O)(=O)c1ccc(OCC(=O)c2cccc(F)c2)cc1. The van der Waals surface area contributed by atoms with Gasteiger partial charge in [-0.15, -0.1) is 0 Å². The number of carbonyl (C=O) groups excluding carboxylic acids is 1. The molecule has 2 aromatic rings. The number of ketones is 1. The Morgan fingerprint density at radius 1 is 1.14 bits per heavy atom. The van der Waals surface area contributed by atoms with E-state index in [1.165, 1.54) is 42.5 Å². The number of Topliss-reactive ketones (excluding diaryl/α,β-unsaturated/α-hetero) is 1. The van der Waals surface area contributed by atoms with Crippen molar-refractivity contribution in [1.82, 2.24) is 0 Å². The monoisotopic (exact) mass is 308 g/mol. The molecule has 0 saturated carbocycles. The van der Waals surface area contributed by atoms with Gasteiger partial charge < -0.3 is 4.74 Å². The number of rotatable bonds is 5. The lowest BCUT2D eigenvalue weighted by Crippen LogP contribution is -2.11. The fourth-order valence-corrected chi connectivity index (χ4v) is 2.31. The van der Waals surface area contributed by atoms with E-state index in [0.29, 0.717) is 5.75 Å². The summed E-state index contributed by atoms with van der Waals surface area (Å²) in [6.07, 6.45) is 1.11. The van der Waals surface area contributed by atoms with Crippen LogP contribution in [-0.2, 0) is 9.84 Å². The minimum absolute atomic E-state index is 0.173. The van der Waals surface area contributed by atoms with Crippen LogP contribution in [0.15, 0.2) is 53.4 Å². The van der Waals surface area contributed by atoms with Crippen LogP contribution in [0.4, 0.5) is 4.39 Å². The van der Waals surface area contributed by atoms with E-state index in [1.807, 2.05) is 0 Å². The Balaban J connectivity index is 2.02. The van der Waals surface area contributed by atoms with Crippen molar-refractivity contribution in [2.75, 3.05) is 12.9 Å². The summed E-state index contributed by atoms with van der Waals surface area (Å²) in [5.41, 5.74) is 0.225. The summed E-state index contributed by atoms with van der Waals surface area (Å²) >= 11 is 0. The molecule has 0 fully saturated rings. The van der Waals surface area contributed by atoms with Crippen molar-refractivity contribution in [2.24, 2.45) is 0 Å². The summed E-state index contributed by atoms with van der Waals surface area (Å²) < 4.78 is 40.9. The topological polar surface area (TPSA) is 60.4 Å². The normalized spacial score (nSPS) is 11.1. The van der Waals surface area contributed by atoms with Crippen molar-refractivity contribution < 1.29 is 22.3 Å². The van der Waals surface area contributed by atoms with Crippen molar-refractivity contribution in [3.63, 3.8) is 0 Å². The van der Waals surface area contributed by atoms with Crippen molar-refractivity contribution in [2.45, 2.75) is 4.90 Å². The Labute approximate surface area is 122 Å². The van der Waals surface area contributed by atoms with Crippen LogP contribution in [0.1, 0.15) is 10.4 Å². The minimum atomic E-state index is -3.26. The average Bonchev–Trinajstić information content (AvgIpc) is 2.44. The number of sulfone groups is 1. The fraction of sp³-hybridized carbons (Fsp3) is 0.133. The maximum atomic E-state index is 13.0. The van der Waals surface area contributed by atoms with Crippen LogP contribution in [0.2, 0.25) is 0 Å². The largest absolute Gasteiger partial charge is 0.485 e. The Morgan fingerprint density at radius 2 is 1.81 bits per heavy atom. The Bertz CT molecular complexity index is 751. The molecule has 2 aromatic carbocycles. The molecule has 2 rings (SSSR count). The first-order valence-corrected chi connectivity index (χ1v) is 7.97. The number of ether oxygens (including phenoxy) is 1. The van der Waals surface area contributed by atoms with Gasteiger partial charge in [-0.05, 0) is 36.4 Å². The summed E-state index contributed by atoms with van der Waals surface area (Å²) in [5.74, 6) is -0.479. The van der Waals surface area contributed by atoms with E-state index in [4.69, 9.17) is 4.74 Å². The van der Waals surface area contributed by atoms with Crippen LogP contribution >= 0.6 is 0 Å². The summed E-state index contributed by atoms with van der Waals surface area (Å²) in [5, 5.41) is 0. The molecule has 0 spiro atoms. The third-order valence-electron chi connectivity index (χ3n) is 2.77. The molecule has 0 bridgehead atoms. The van der Waals surface area contributed by atoms with E-state index in [1.54, 1.807) is 0 Å². The molecule has 0 aliphatic rings. The van der Waals surface area contributed by atoms with Gasteiger partial charge in [0, 0.05) is 11.8 Å². The highest BCUT2D eigenvalue weighted by Crippen LogP contribution is 2.16. The van der Waals surface area contributed by atoms with Gasteiger partial charge in [-0.1, -0.05) is 12.1 Å². The van der Waals surface area contributed by atoms with Gasteiger partial charge in [0.15, 0.2) is 22.2 Å². The summed E-state index contributed by atoms with van der Waals surface area (Å²) in [6.45, 7) is -0.248. The zero-order chi connectivity index (χ0) is 15.5. The number of hydrogen-bond donors (Lipinski definition) is 0. The quantitative estimate of drug-likeness (QED) is 0.796. The van der Waals surface area contributed by atoms with Crippen molar-refractivity contribution in [3.8, 4) is 5.75 Å². The summed E-state index contributed by atoms with van der Waals surface area (Å²) in [4.78, 5) is 12.0. The first kappa shape index (κ1) is 15.2. The molecule has 0 radical (unpaired) electrons. The van der Waals surface area contributed by atoms with E-state index < -0.39 is 15.7 Å². The van der Waals surface area contributed by atoms with Crippen LogP contribution in [0, 0.1) is 5.82 Å². The van der Waals surface area contributed by atoms with Crippen molar-refractivity contribution in [3.05, 3.63) is 59.9 Å². The van der Waals surface area contributed by atoms with Crippen LogP contribution in [0.5, 0.6) is 5.75 Å². The van der Waals surface area contributed by atoms with Crippen LogP contribution < -0.4 is 4.74 Å². The van der Waals surface area contributed by atoms with Gasteiger partial charge in [0.1, 0.15) is 11.6 Å². The summed E-state index contributed by atoms with van der Waals surface area (Å²) in [6, 6.07) is 11.1. The Morgan fingerprint density at radius 3 is 2.38 bits per heavy atom. The number of carbonyl (C=O) groups is 1. The maximum absolute atomic E-state index is 13.0. The molecular weight excluding hydrogens is 295 g/mol. The zero-order valence-corrected chi connectivity index (χ0v) is 12.1. The predicted octanol–water partition coefficient (Wildman–Crippen LogP) is 2.49. The van der Waals surface area contributed by atoms with E-state index in [2.05, 4.69) is 0 Å². The minimum Gasteiger partial charge on any atom is -0.485 e. The van der Waals surface area contributed by atoms with Gasteiger partial charge in [-0.25, -0.2) is 12.8 Å². The molecule has 4 nitrogen and oxygen atoms in total. The lowest BCUT2D eigenvalue weighted by molar-refractivity contribution is 0.0921. The van der Waals surface area contributed by atoms with E-state index in [9.17, 15) is 17.6 Å². The lowest BCUT2D eigenvalue weighted by atomic mass is 10.1. The second-order valence-corrected chi connectivity index (χ2v) is 6.48. The summed E-state index contributed by atoms with van der Waals surface area (Å²) in [7, 11) is -3.26. The maximum Gasteiger partial charge on any atom is 0.200 e. The number of halogens is 1. The second kappa shape index (κ2) is 6.05. The molecule has 0 aliphatic heterocycles. The molecule has 0 aromatic heterocycles. The number of hydrogen-bond acceptors (Lipinski definition) is 4. The molecular formula is C15H13FO4S. The van der Waals surface area contributed by atoms with Gasteiger partial charge in [0.2, 0.25) is 0 Å². The first-order valence-electron chi connectivity index (χ1n) is 6.08. The molecule has 0 atom stereocenters. The Hall–Kier alpha value is -2.21. The van der Waals surface area contributed by atoms with Crippen LogP contribution in [-0.4, -0.2) is 27.1 Å². The van der Waals surface area contributed by atoms with E-state index in [-0.39, 0.29) is 22.8 Å². The van der Waals surface area contributed by atoms with Gasteiger partial charge in [-0.2, -0.15) is 0 Å².